The van der Waals surface area contributed by atoms with Gasteiger partial charge in [-0.3, -0.25) is 0 Å². The number of aromatic nitrogens is 2. The fraction of sp³-hybridized carbons (Fsp3) is 0.625. The van der Waals surface area contributed by atoms with Crippen molar-refractivity contribution >= 4 is 0 Å². The molecule has 1 aromatic heterocycles. The molecular weight excluding hydrogens is 178 g/mol. The van der Waals surface area contributed by atoms with Crippen LogP contribution in [0.2, 0.25) is 0 Å². The van der Waals surface area contributed by atoms with Gasteiger partial charge in [-0.1, -0.05) is 0 Å². The predicted molar refractivity (Wildman–Crippen MR) is 43.6 cm³/mol. The predicted octanol–water partition coefficient (Wildman–Crippen LogP) is 1.55. The highest BCUT2D eigenvalue weighted by Gasteiger charge is 2.35. The molecule has 0 amide bonds. The van der Waals surface area contributed by atoms with Crippen LogP contribution >= 0.6 is 0 Å². The van der Waals surface area contributed by atoms with E-state index in [9.17, 15) is 8.78 Å². The average molecular weight is 190 g/mol. The summed E-state index contributed by atoms with van der Waals surface area (Å²) in [5.41, 5.74) is 0. The Morgan fingerprint density at radius 3 is 2.69 bits per heavy atom. The molecule has 0 spiro atoms. The first-order valence-corrected chi connectivity index (χ1v) is 4.01. The standard InChI is InChI=1S/C8H12F2N2O/c1-6(2)12-4-3-11-7(12)8(9,10)5-13/h3-4,6,13H,5H2,1-2H3. The van der Waals surface area contributed by atoms with Gasteiger partial charge < -0.3 is 9.67 Å². The zero-order valence-corrected chi connectivity index (χ0v) is 7.54. The van der Waals surface area contributed by atoms with Gasteiger partial charge in [-0.25, -0.2) is 4.98 Å². The molecule has 1 rings (SSSR count). The normalized spacial score (nSPS) is 12.5. The van der Waals surface area contributed by atoms with Gasteiger partial charge in [0.2, 0.25) is 0 Å². The molecule has 0 saturated carbocycles. The lowest BCUT2D eigenvalue weighted by molar-refractivity contribution is -0.0662. The number of alkyl halides is 2. The van der Waals surface area contributed by atoms with Crippen molar-refractivity contribution in [1.29, 1.82) is 0 Å². The SMILES string of the molecule is CC(C)n1ccnc1C(F)(F)CO. The van der Waals surface area contributed by atoms with Crippen molar-refractivity contribution in [2.24, 2.45) is 0 Å². The van der Waals surface area contributed by atoms with E-state index in [2.05, 4.69) is 4.98 Å². The number of aliphatic hydroxyl groups is 1. The van der Waals surface area contributed by atoms with Gasteiger partial charge in [0.25, 0.3) is 0 Å². The summed E-state index contributed by atoms with van der Waals surface area (Å²) >= 11 is 0. The van der Waals surface area contributed by atoms with E-state index in [1.807, 2.05) is 0 Å². The Morgan fingerprint density at radius 1 is 1.62 bits per heavy atom. The molecule has 13 heavy (non-hydrogen) atoms. The quantitative estimate of drug-likeness (QED) is 0.785. The summed E-state index contributed by atoms with van der Waals surface area (Å²) in [6.07, 6.45) is 2.78. The molecule has 1 N–H and O–H groups in total. The van der Waals surface area contributed by atoms with Crippen LogP contribution in [0.1, 0.15) is 25.7 Å². The number of hydrogen-bond acceptors (Lipinski definition) is 2. The molecule has 0 saturated heterocycles. The van der Waals surface area contributed by atoms with E-state index in [-0.39, 0.29) is 11.9 Å². The molecule has 0 fully saturated rings. The van der Waals surface area contributed by atoms with E-state index in [1.165, 1.54) is 17.0 Å². The van der Waals surface area contributed by atoms with Gasteiger partial charge >= 0.3 is 5.92 Å². The molecular formula is C8H12F2N2O. The highest BCUT2D eigenvalue weighted by atomic mass is 19.3. The summed E-state index contributed by atoms with van der Waals surface area (Å²) < 4.78 is 27.4. The number of hydrogen-bond donors (Lipinski definition) is 1. The second-order valence-electron chi connectivity index (χ2n) is 3.11. The molecule has 1 aromatic rings. The maximum absolute atomic E-state index is 13.0. The van der Waals surface area contributed by atoms with Gasteiger partial charge in [-0.15, -0.1) is 0 Å². The first-order chi connectivity index (χ1) is 5.99. The van der Waals surface area contributed by atoms with E-state index >= 15 is 0 Å². The van der Waals surface area contributed by atoms with Crippen LogP contribution in [0.25, 0.3) is 0 Å². The van der Waals surface area contributed by atoms with Crippen molar-refractivity contribution in [2.75, 3.05) is 6.61 Å². The van der Waals surface area contributed by atoms with Crippen molar-refractivity contribution in [3.05, 3.63) is 18.2 Å². The van der Waals surface area contributed by atoms with E-state index < -0.39 is 12.5 Å². The first kappa shape index (κ1) is 10.1. The largest absolute Gasteiger partial charge is 0.390 e. The van der Waals surface area contributed by atoms with E-state index in [0.29, 0.717) is 0 Å². The number of halogens is 2. The topological polar surface area (TPSA) is 38.0 Å². The Kier molecular flexibility index (Phi) is 2.66. The van der Waals surface area contributed by atoms with E-state index in [0.717, 1.165) is 0 Å². The van der Waals surface area contributed by atoms with Crippen LogP contribution in [0, 0.1) is 0 Å². The Labute approximate surface area is 75.0 Å². The lowest BCUT2D eigenvalue weighted by atomic mass is 10.3. The monoisotopic (exact) mass is 190 g/mol. The van der Waals surface area contributed by atoms with Gasteiger partial charge in [0.05, 0.1) is 0 Å². The van der Waals surface area contributed by atoms with Crippen LogP contribution in [0.15, 0.2) is 12.4 Å². The minimum absolute atomic E-state index is 0.0880. The first-order valence-electron chi connectivity index (χ1n) is 4.01. The lowest BCUT2D eigenvalue weighted by Crippen LogP contribution is -2.24. The van der Waals surface area contributed by atoms with Crippen LogP contribution < -0.4 is 0 Å². The summed E-state index contributed by atoms with van der Waals surface area (Å²) in [5, 5.41) is 8.47. The van der Waals surface area contributed by atoms with Gasteiger partial charge in [-0.2, -0.15) is 8.78 Å². The second-order valence-corrected chi connectivity index (χ2v) is 3.11. The number of rotatable bonds is 3. The molecule has 0 aliphatic carbocycles. The molecule has 0 bridgehead atoms. The van der Waals surface area contributed by atoms with Gasteiger partial charge in [-0.05, 0) is 13.8 Å². The number of nitrogens with zero attached hydrogens (tertiary/aromatic N) is 2. The van der Waals surface area contributed by atoms with Crippen molar-refractivity contribution in [3.8, 4) is 0 Å². The fourth-order valence-corrected chi connectivity index (χ4v) is 1.08. The summed E-state index contributed by atoms with van der Waals surface area (Å²) in [4.78, 5) is 3.53. The van der Waals surface area contributed by atoms with Gasteiger partial charge in [0, 0.05) is 18.4 Å². The summed E-state index contributed by atoms with van der Waals surface area (Å²) in [7, 11) is 0. The zero-order valence-electron chi connectivity index (χ0n) is 7.54. The molecule has 0 aromatic carbocycles. The molecule has 1 heterocycles. The zero-order chi connectivity index (χ0) is 10.1. The third-order valence-corrected chi connectivity index (χ3v) is 1.75. The molecule has 0 atom stereocenters. The summed E-state index contributed by atoms with van der Waals surface area (Å²) in [6.45, 7) is 2.34. The van der Waals surface area contributed by atoms with E-state index in [1.54, 1.807) is 13.8 Å². The molecule has 74 valence electrons. The van der Waals surface area contributed by atoms with Crippen molar-refractivity contribution in [3.63, 3.8) is 0 Å². The van der Waals surface area contributed by atoms with Crippen molar-refractivity contribution < 1.29 is 13.9 Å². The Morgan fingerprint density at radius 2 is 2.23 bits per heavy atom. The molecule has 0 unspecified atom stereocenters. The maximum Gasteiger partial charge on any atom is 0.327 e. The minimum Gasteiger partial charge on any atom is -0.390 e. The number of aliphatic hydroxyl groups excluding tert-OH is 1. The smallest absolute Gasteiger partial charge is 0.327 e. The highest BCUT2D eigenvalue weighted by molar-refractivity contribution is 5.02. The van der Waals surface area contributed by atoms with Crippen molar-refractivity contribution in [1.82, 2.24) is 9.55 Å². The molecule has 3 nitrogen and oxygen atoms in total. The molecule has 5 heteroatoms. The fourth-order valence-electron chi connectivity index (χ4n) is 1.08. The summed E-state index contributed by atoms with van der Waals surface area (Å²) in [6, 6.07) is -0.0880. The van der Waals surface area contributed by atoms with Crippen LogP contribution in [-0.2, 0) is 5.92 Å². The molecule has 0 aliphatic rings. The van der Waals surface area contributed by atoms with Crippen LogP contribution in [0.5, 0.6) is 0 Å². The maximum atomic E-state index is 13.0. The highest BCUT2D eigenvalue weighted by Crippen LogP contribution is 2.27. The van der Waals surface area contributed by atoms with Gasteiger partial charge in [0.1, 0.15) is 6.61 Å². The average Bonchev–Trinajstić information content (AvgIpc) is 2.52. The molecule has 0 radical (unpaired) electrons. The lowest BCUT2D eigenvalue weighted by Gasteiger charge is -2.17. The minimum atomic E-state index is -3.26. The Balaban J connectivity index is 3.07. The van der Waals surface area contributed by atoms with Crippen molar-refractivity contribution in [2.45, 2.75) is 25.8 Å². The Hall–Kier alpha value is -0.970. The van der Waals surface area contributed by atoms with Crippen LogP contribution in [0.3, 0.4) is 0 Å². The third-order valence-electron chi connectivity index (χ3n) is 1.75. The third kappa shape index (κ3) is 1.85. The van der Waals surface area contributed by atoms with E-state index in [4.69, 9.17) is 5.11 Å². The van der Waals surface area contributed by atoms with Gasteiger partial charge in [0.15, 0.2) is 5.82 Å². The second kappa shape index (κ2) is 3.41. The molecule has 0 aliphatic heterocycles. The summed E-state index contributed by atoms with van der Waals surface area (Å²) in [5.74, 6) is -3.64. The van der Waals surface area contributed by atoms with Crippen LogP contribution in [-0.4, -0.2) is 21.3 Å². The van der Waals surface area contributed by atoms with Crippen LogP contribution in [0.4, 0.5) is 8.78 Å². The Bertz CT molecular complexity index is 283. The number of imidazole rings is 1.